The minimum Gasteiger partial charge on any atom is -0.466 e. The molecule has 2 aromatic heterocycles. The fraction of sp³-hybridized carbons (Fsp3) is 0.375. The molecule has 0 bridgehead atoms. The van der Waals surface area contributed by atoms with Gasteiger partial charge >= 0.3 is 5.97 Å². The second kappa shape index (κ2) is 10.6. The van der Waals surface area contributed by atoms with Gasteiger partial charge in [-0.25, -0.2) is 4.98 Å². The summed E-state index contributed by atoms with van der Waals surface area (Å²) in [4.78, 5) is 44.6. The van der Waals surface area contributed by atoms with Crippen molar-refractivity contribution in [2.75, 3.05) is 31.1 Å². The number of aryl methyl sites for hydroxylation is 1. The number of esters is 1. The number of nitriles is 1. The number of carbonyl (C=O) groups is 2. The van der Waals surface area contributed by atoms with Gasteiger partial charge in [-0.05, 0) is 44.4 Å². The van der Waals surface area contributed by atoms with E-state index in [0.29, 0.717) is 44.0 Å². The van der Waals surface area contributed by atoms with Crippen molar-refractivity contribution >= 4 is 29.4 Å². The fourth-order valence-corrected chi connectivity index (χ4v) is 3.81. The van der Waals surface area contributed by atoms with Gasteiger partial charge < -0.3 is 15.0 Å². The lowest BCUT2D eigenvalue weighted by Gasteiger charge is -2.32. The monoisotopic (exact) mass is 449 g/mol. The zero-order valence-electron chi connectivity index (χ0n) is 18.8. The van der Waals surface area contributed by atoms with Crippen LogP contribution in [0.25, 0.3) is 11.7 Å². The second-order valence-electron chi connectivity index (χ2n) is 7.72. The first-order chi connectivity index (χ1) is 15.9. The molecule has 3 heterocycles. The minimum absolute atomic E-state index is 0.151. The Kier molecular flexibility index (Phi) is 7.61. The molecular weight excluding hydrogens is 422 g/mol. The molecule has 9 heteroatoms. The second-order valence-corrected chi connectivity index (χ2v) is 7.72. The van der Waals surface area contributed by atoms with E-state index in [1.807, 2.05) is 24.0 Å². The molecule has 3 rings (SSSR count). The predicted molar refractivity (Wildman–Crippen MR) is 125 cm³/mol. The van der Waals surface area contributed by atoms with Crippen LogP contribution < -0.4 is 15.8 Å². The molecule has 9 nitrogen and oxygen atoms in total. The highest BCUT2D eigenvalue weighted by Gasteiger charge is 2.29. The van der Waals surface area contributed by atoms with Crippen molar-refractivity contribution < 1.29 is 14.3 Å². The smallest absolute Gasteiger partial charge is 0.309 e. The summed E-state index contributed by atoms with van der Waals surface area (Å²) < 4.78 is 6.55. The Morgan fingerprint density at radius 1 is 1.39 bits per heavy atom. The molecule has 1 aliphatic heterocycles. The van der Waals surface area contributed by atoms with Crippen LogP contribution in [-0.4, -0.2) is 47.5 Å². The number of anilines is 1. The van der Waals surface area contributed by atoms with E-state index in [4.69, 9.17) is 9.72 Å². The molecule has 1 saturated heterocycles. The van der Waals surface area contributed by atoms with E-state index >= 15 is 0 Å². The summed E-state index contributed by atoms with van der Waals surface area (Å²) >= 11 is 0. The molecule has 1 N–H and O–H groups in total. The molecule has 33 heavy (non-hydrogen) atoms. The third kappa shape index (κ3) is 5.12. The Labute approximate surface area is 192 Å². The van der Waals surface area contributed by atoms with Crippen molar-refractivity contribution in [3.8, 4) is 6.07 Å². The summed E-state index contributed by atoms with van der Waals surface area (Å²) in [5.41, 5.74) is 0.883. The Morgan fingerprint density at radius 2 is 2.12 bits per heavy atom. The molecular formula is C24H27N5O4. The molecule has 1 aliphatic rings. The number of carbonyl (C=O) groups excluding carboxylic acids is 2. The molecule has 0 atom stereocenters. The van der Waals surface area contributed by atoms with Gasteiger partial charge in [-0.15, -0.1) is 6.58 Å². The van der Waals surface area contributed by atoms with Gasteiger partial charge in [0.05, 0.1) is 18.1 Å². The first-order valence-corrected chi connectivity index (χ1v) is 10.9. The number of nitrogens with zero attached hydrogens (tertiary/aromatic N) is 4. The summed E-state index contributed by atoms with van der Waals surface area (Å²) in [5.74, 6) is -0.632. The van der Waals surface area contributed by atoms with Gasteiger partial charge in [0.15, 0.2) is 0 Å². The third-order valence-corrected chi connectivity index (χ3v) is 5.54. The van der Waals surface area contributed by atoms with Gasteiger partial charge in [0.2, 0.25) is 0 Å². The summed E-state index contributed by atoms with van der Waals surface area (Å²) in [6, 6.07) is 5.47. The zero-order chi connectivity index (χ0) is 24.0. The Balaban J connectivity index is 2.07. The van der Waals surface area contributed by atoms with Crippen molar-refractivity contribution in [2.45, 2.75) is 26.7 Å². The maximum Gasteiger partial charge on any atom is 0.309 e. The van der Waals surface area contributed by atoms with Gasteiger partial charge in [-0.1, -0.05) is 12.1 Å². The quantitative estimate of drug-likeness (QED) is 0.297. The highest BCUT2D eigenvalue weighted by molar-refractivity contribution is 6.02. The van der Waals surface area contributed by atoms with Gasteiger partial charge in [-0.3, -0.25) is 18.8 Å². The van der Waals surface area contributed by atoms with E-state index in [1.54, 1.807) is 19.2 Å². The minimum atomic E-state index is -0.599. The van der Waals surface area contributed by atoms with Crippen LogP contribution in [0.4, 0.5) is 5.82 Å². The molecule has 0 saturated carbocycles. The lowest BCUT2D eigenvalue weighted by Crippen LogP contribution is -2.39. The number of aromatic nitrogens is 2. The summed E-state index contributed by atoms with van der Waals surface area (Å²) in [6.07, 6.45) is 5.51. The van der Waals surface area contributed by atoms with Crippen molar-refractivity contribution in [3.63, 3.8) is 0 Å². The Hall–Kier alpha value is -3.93. The van der Waals surface area contributed by atoms with Crippen LogP contribution >= 0.6 is 0 Å². The first-order valence-electron chi connectivity index (χ1n) is 10.9. The molecule has 2 aromatic rings. The van der Waals surface area contributed by atoms with Gasteiger partial charge in [0, 0.05) is 25.8 Å². The van der Waals surface area contributed by atoms with E-state index in [9.17, 15) is 19.6 Å². The largest absolute Gasteiger partial charge is 0.466 e. The number of hydrogen-bond acceptors (Lipinski definition) is 7. The first kappa shape index (κ1) is 23.7. The molecule has 1 amide bonds. The summed E-state index contributed by atoms with van der Waals surface area (Å²) in [7, 11) is 0. The van der Waals surface area contributed by atoms with Crippen molar-refractivity contribution in [3.05, 3.63) is 58.0 Å². The van der Waals surface area contributed by atoms with Crippen LogP contribution in [0, 0.1) is 24.2 Å². The molecule has 0 spiro atoms. The number of ether oxygens (including phenoxy) is 1. The van der Waals surface area contributed by atoms with Gasteiger partial charge in [-0.2, -0.15) is 5.26 Å². The van der Waals surface area contributed by atoms with Crippen molar-refractivity contribution in [1.82, 2.24) is 14.7 Å². The Morgan fingerprint density at radius 3 is 2.76 bits per heavy atom. The predicted octanol–water partition coefficient (Wildman–Crippen LogP) is 1.99. The van der Waals surface area contributed by atoms with Gasteiger partial charge in [0.25, 0.3) is 11.5 Å². The van der Waals surface area contributed by atoms with Crippen LogP contribution in [0.5, 0.6) is 0 Å². The van der Waals surface area contributed by atoms with Crippen molar-refractivity contribution in [1.29, 1.82) is 5.26 Å². The summed E-state index contributed by atoms with van der Waals surface area (Å²) in [5, 5.41) is 12.1. The number of rotatable bonds is 7. The number of pyridine rings is 1. The average molecular weight is 450 g/mol. The van der Waals surface area contributed by atoms with E-state index < -0.39 is 5.91 Å². The fourth-order valence-electron chi connectivity index (χ4n) is 3.81. The van der Waals surface area contributed by atoms with E-state index in [-0.39, 0.29) is 35.1 Å². The maximum atomic E-state index is 13.4. The number of hydrogen-bond donors (Lipinski definition) is 1. The van der Waals surface area contributed by atoms with Crippen LogP contribution in [0.1, 0.15) is 30.9 Å². The molecule has 0 aliphatic carbocycles. The lowest BCUT2D eigenvalue weighted by atomic mass is 9.96. The van der Waals surface area contributed by atoms with E-state index in [2.05, 4.69) is 11.9 Å². The number of nitrogens with one attached hydrogen (secondary N) is 1. The number of amides is 1. The Bertz CT molecular complexity index is 1200. The highest BCUT2D eigenvalue weighted by Crippen LogP contribution is 2.26. The molecule has 1 fully saturated rings. The topological polar surface area (TPSA) is 117 Å². The molecule has 0 aromatic carbocycles. The van der Waals surface area contributed by atoms with Crippen LogP contribution in [-0.2, 0) is 14.3 Å². The van der Waals surface area contributed by atoms with Crippen LogP contribution in [0.2, 0.25) is 0 Å². The molecule has 0 radical (unpaired) electrons. The molecule has 172 valence electrons. The number of piperidine rings is 1. The standard InChI is InChI=1S/C24H27N5O4/c1-4-10-26-22(30)18(15-25)14-19-21(27-20-16(3)7-6-11-29(20)23(19)31)28-12-8-17(9-13-28)24(32)33-5-2/h4,6-7,11,14,17H,1,5,8-10,12-13H2,2-3H3,(H,26,30)/b18-14+. The third-order valence-electron chi connectivity index (χ3n) is 5.54. The number of fused-ring (bicyclic) bond motifs is 1. The van der Waals surface area contributed by atoms with E-state index in [0.717, 1.165) is 5.56 Å². The van der Waals surface area contributed by atoms with Crippen LogP contribution in [0.15, 0.2) is 41.4 Å². The lowest BCUT2D eigenvalue weighted by molar-refractivity contribution is -0.148. The SMILES string of the molecule is C=CCNC(=O)/C(C#N)=C/c1c(N2CCC(C(=O)OCC)CC2)nc2c(C)cccn2c1=O. The van der Waals surface area contributed by atoms with E-state index in [1.165, 1.54) is 16.6 Å². The summed E-state index contributed by atoms with van der Waals surface area (Å²) in [6.45, 7) is 8.69. The normalized spacial score (nSPS) is 14.6. The van der Waals surface area contributed by atoms with Crippen molar-refractivity contribution in [2.24, 2.45) is 5.92 Å². The zero-order valence-corrected chi connectivity index (χ0v) is 18.8. The average Bonchev–Trinajstić information content (AvgIpc) is 2.82. The molecule has 0 unspecified atom stereocenters. The van der Waals surface area contributed by atoms with Crippen LogP contribution in [0.3, 0.4) is 0 Å². The highest BCUT2D eigenvalue weighted by atomic mass is 16.5. The van der Waals surface area contributed by atoms with Gasteiger partial charge in [0.1, 0.15) is 23.1 Å². The maximum absolute atomic E-state index is 13.4.